The van der Waals surface area contributed by atoms with Crippen LogP contribution in [-0.2, 0) is 22.3 Å². The number of benzene rings is 1. The van der Waals surface area contributed by atoms with Gasteiger partial charge < -0.3 is 10.2 Å². The Kier molecular flexibility index (Phi) is 4.79. The summed E-state index contributed by atoms with van der Waals surface area (Å²) >= 11 is 0. The summed E-state index contributed by atoms with van der Waals surface area (Å²) in [5.41, 5.74) is -0.672. The molecule has 0 spiro atoms. The van der Waals surface area contributed by atoms with Gasteiger partial charge in [-0.15, -0.1) is 0 Å². The van der Waals surface area contributed by atoms with Crippen molar-refractivity contribution in [3.8, 4) is 0 Å². The van der Waals surface area contributed by atoms with E-state index in [1.54, 1.807) is 0 Å². The fourth-order valence-electron chi connectivity index (χ4n) is 3.74. The summed E-state index contributed by atoms with van der Waals surface area (Å²) in [5.74, 6) is -2.14. The molecule has 1 saturated heterocycles. The van der Waals surface area contributed by atoms with E-state index >= 15 is 0 Å². The van der Waals surface area contributed by atoms with E-state index in [1.807, 2.05) is 5.10 Å². The molecule has 1 atom stereocenters. The van der Waals surface area contributed by atoms with Crippen LogP contribution in [0.4, 0.5) is 18.9 Å². The van der Waals surface area contributed by atoms with E-state index in [9.17, 15) is 32.3 Å². The van der Waals surface area contributed by atoms with Crippen LogP contribution in [-0.4, -0.2) is 44.8 Å². The third-order valence-electron chi connectivity index (χ3n) is 5.29. The van der Waals surface area contributed by atoms with Gasteiger partial charge in [0.25, 0.3) is 11.8 Å². The minimum atomic E-state index is -4.66. The van der Waals surface area contributed by atoms with E-state index in [2.05, 4.69) is 15.7 Å². The van der Waals surface area contributed by atoms with Crippen LogP contribution < -0.4 is 10.6 Å². The maximum Gasteiger partial charge on any atom is 0.433 e. The molecule has 2 aliphatic rings. The normalized spacial score (nSPS) is 18.8. The van der Waals surface area contributed by atoms with Crippen molar-refractivity contribution in [2.75, 3.05) is 5.32 Å². The number of hydrogen-bond acceptors (Lipinski definition) is 5. The molecule has 4 amide bonds. The molecule has 0 aliphatic carbocycles. The number of alkyl halides is 3. The molecule has 31 heavy (non-hydrogen) atoms. The van der Waals surface area contributed by atoms with Crippen molar-refractivity contribution >= 4 is 29.3 Å². The van der Waals surface area contributed by atoms with Crippen molar-refractivity contribution in [1.29, 1.82) is 0 Å². The molecule has 0 bridgehead atoms. The molecule has 4 rings (SSSR count). The molecule has 1 aromatic heterocycles. The van der Waals surface area contributed by atoms with Crippen LogP contribution in [0.15, 0.2) is 18.2 Å². The minimum Gasteiger partial charge on any atom is -0.322 e. The summed E-state index contributed by atoms with van der Waals surface area (Å²) in [5, 5.41) is 9.97. The fraction of sp³-hybridized carbons (Fsp3) is 0.316. The van der Waals surface area contributed by atoms with E-state index in [1.165, 1.54) is 23.1 Å². The van der Waals surface area contributed by atoms with Gasteiger partial charge in [-0.05, 0) is 37.1 Å². The van der Waals surface area contributed by atoms with Crippen molar-refractivity contribution in [3.05, 3.63) is 46.3 Å². The van der Waals surface area contributed by atoms with Crippen LogP contribution in [0.1, 0.15) is 50.5 Å². The predicted molar refractivity (Wildman–Crippen MR) is 98.8 cm³/mol. The topological polar surface area (TPSA) is 124 Å². The lowest BCUT2D eigenvalue weighted by Crippen LogP contribution is -2.52. The number of piperidine rings is 1. The Labute approximate surface area is 173 Å². The lowest BCUT2D eigenvalue weighted by molar-refractivity contribution is -0.141. The molecule has 162 valence electrons. The van der Waals surface area contributed by atoms with E-state index in [-0.39, 0.29) is 36.5 Å². The SMILES string of the molecule is Cc1c(C(=O)Nc2ccc3c(c2)CN(C2CCC(=O)NC2=O)C3=O)n[nH]c1C(F)(F)F. The summed E-state index contributed by atoms with van der Waals surface area (Å²) < 4.78 is 38.7. The molecule has 1 fully saturated rings. The van der Waals surface area contributed by atoms with Gasteiger partial charge in [0, 0.05) is 29.8 Å². The number of carbonyl (C=O) groups is 4. The molecule has 3 heterocycles. The largest absolute Gasteiger partial charge is 0.433 e. The van der Waals surface area contributed by atoms with Crippen molar-refractivity contribution < 1.29 is 32.3 Å². The molecule has 3 N–H and O–H groups in total. The smallest absolute Gasteiger partial charge is 0.322 e. The van der Waals surface area contributed by atoms with Crippen molar-refractivity contribution in [3.63, 3.8) is 0 Å². The monoisotopic (exact) mass is 435 g/mol. The molecule has 0 radical (unpaired) electrons. The van der Waals surface area contributed by atoms with E-state index in [0.29, 0.717) is 11.1 Å². The predicted octanol–water partition coefficient (Wildman–Crippen LogP) is 1.75. The van der Waals surface area contributed by atoms with Crippen molar-refractivity contribution in [2.45, 2.75) is 38.5 Å². The van der Waals surface area contributed by atoms with E-state index in [4.69, 9.17) is 0 Å². The van der Waals surface area contributed by atoms with E-state index in [0.717, 1.165) is 6.92 Å². The van der Waals surface area contributed by atoms with Gasteiger partial charge in [-0.25, -0.2) is 0 Å². The van der Waals surface area contributed by atoms with Gasteiger partial charge in [0.1, 0.15) is 11.7 Å². The van der Waals surface area contributed by atoms with Crippen LogP contribution in [0.3, 0.4) is 0 Å². The van der Waals surface area contributed by atoms with Crippen LogP contribution >= 0.6 is 0 Å². The van der Waals surface area contributed by atoms with Gasteiger partial charge in [-0.2, -0.15) is 18.3 Å². The number of H-pyrrole nitrogens is 1. The number of hydrogen-bond donors (Lipinski definition) is 3. The molecule has 9 nitrogen and oxygen atoms in total. The van der Waals surface area contributed by atoms with Crippen molar-refractivity contribution in [2.24, 2.45) is 0 Å². The first-order valence-electron chi connectivity index (χ1n) is 9.27. The maximum atomic E-state index is 12.9. The molecule has 1 aromatic carbocycles. The second-order valence-corrected chi connectivity index (χ2v) is 7.30. The van der Waals surface area contributed by atoms with Crippen molar-refractivity contribution in [1.82, 2.24) is 20.4 Å². The average molecular weight is 435 g/mol. The van der Waals surface area contributed by atoms with Crippen LogP contribution in [0.25, 0.3) is 0 Å². The lowest BCUT2D eigenvalue weighted by atomic mass is 10.0. The second kappa shape index (κ2) is 7.22. The maximum absolute atomic E-state index is 12.9. The van der Waals surface area contributed by atoms with Gasteiger partial charge in [-0.1, -0.05) is 0 Å². The highest BCUT2D eigenvalue weighted by Crippen LogP contribution is 2.32. The number of anilines is 1. The number of nitrogens with one attached hydrogen (secondary N) is 3. The first-order valence-corrected chi connectivity index (χ1v) is 9.27. The number of amides is 4. The lowest BCUT2D eigenvalue weighted by Gasteiger charge is -2.29. The third kappa shape index (κ3) is 3.64. The number of aromatic amines is 1. The van der Waals surface area contributed by atoms with E-state index < -0.39 is 41.3 Å². The average Bonchev–Trinajstić information content (AvgIpc) is 3.22. The second-order valence-electron chi connectivity index (χ2n) is 7.30. The minimum absolute atomic E-state index is 0.101. The third-order valence-corrected chi connectivity index (χ3v) is 5.29. The number of nitrogens with zero attached hydrogens (tertiary/aromatic N) is 2. The van der Waals surface area contributed by atoms with Crippen LogP contribution in [0.5, 0.6) is 0 Å². The van der Waals surface area contributed by atoms with Gasteiger partial charge in [0.2, 0.25) is 11.8 Å². The number of carbonyl (C=O) groups excluding carboxylic acids is 4. The Morgan fingerprint density at radius 2 is 2.00 bits per heavy atom. The molecule has 0 saturated carbocycles. The van der Waals surface area contributed by atoms with Gasteiger partial charge >= 0.3 is 6.18 Å². The zero-order chi connectivity index (χ0) is 22.5. The number of fused-ring (bicyclic) bond motifs is 1. The number of aromatic nitrogens is 2. The summed E-state index contributed by atoms with van der Waals surface area (Å²) in [6.07, 6.45) is -4.32. The Balaban J connectivity index is 1.51. The Bertz CT molecular complexity index is 1120. The standard InChI is InChI=1S/C19H16F3N5O4/c1-8-14(25-26-15(8)19(20,21)22)17(30)23-10-2-3-11-9(6-10)7-27(18(11)31)12-4-5-13(28)24-16(12)29/h2-3,6,12H,4-5,7H2,1H3,(H,23,30)(H,25,26)(H,24,28,29). The van der Waals surface area contributed by atoms with Crippen LogP contribution in [0.2, 0.25) is 0 Å². The first kappa shape index (κ1) is 20.6. The summed E-state index contributed by atoms with van der Waals surface area (Å²) in [4.78, 5) is 49.8. The highest BCUT2D eigenvalue weighted by Gasteiger charge is 2.39. The van der Waals surface area contributed by atoms with Gasteiger partial charge in [0.15, 0.2) is 5.69 Å². The highest BCUT2D eigenvalue weighted by atomic mass is 19.4. The number of halogens is 3. The number of rotatable bonds is 3. The quantitative estimate of drug-likeness (QED) is 0.634. The molecule has 2 aromatic rings. The fourth-order valence-corrected chi connectivity index (χ4v) is 3.74. The summed E-state index contributed by atoms with van der Waals surface area (Å²) in [6.45, 7) is 1.24. The molecule has 2 aliphatic heterocycles. The molecule has 1 unspecified atom stereocenters. The van der Waals surface area contributed by atoms with Gasteiger partial charge in [0.05, 0.1) is 0 Å². The Hall–Kier alpha value is -3.70. The highest BCUT2D eigenvalue weighted by molar-refractivity contribution is 6.07. The van der Waals surface area contributed by atoms with Gasteiger partial charge in [-0.3, -0.25) is 29.6 Å². The Morgan fingerprint density at radius 3 is 2.65 bits per heavy atom. The molecular formula is C19H16F3N5O4. The van der Waals surface area contributed by atoms with Crippen LogP contribution in [0, 0.1) is 6.92 Å². The number of imide groups is 1. The summed E-state index contributed by atoms with van der Waals surface area (Å²) in [7, 11) is 0. The molecule has 12 heteroatoms. The zero-order valence-corrected chi connectivity index (χ0v) is 16.1. The molecular weight excluding hydrogens is 419 g/mol. The zero-order valence-electron chi connectivity index (χ0n) is 16.1. The Morgan fingerprint density at radius 1 is 1.26 bits per heavy atom. The summed E-state index contributed by atoms with van der Waals surface area (Å²) in [6, 6.07) is 3.65. The first-order chi connectivity index (χ1) is 14.6.